The molecule has 0 heterocycles. The fourth-order valence-corrected chi connectivity index (χ4v) is 3.98. The van der Waals surface area contributed by atoms with Gasteiger partial charge in [-0.15, -0.1) is 0 Å². The Labute approximate surface area is 148 Å². The summed E-state index contributed by atoms with van der Waals surface area (Å²) >= 11 is 3.40. The molecule has 4 nitrogen and oxygen atoms in total. The fraction of sp³-hybridized carbons (Fsp3) is 0.0556. The largest absolute Gasteiger partial charge is 0.378 e. The SMILES string of the molecule is CC(=O)c1cccc(S(=O)(=O)Oc2ccc3ccccc3c2Br)c1. The van der Waals surface area contributed by atoms with Crippen molar-refractivity contribution < 1.29 is 17.4 Å². The molecular weight excluding hydrogens is 392 g/mol. The first-order chi connectivity index (χ1) is 11.4. The lowest BCUT2D eigenvalue weighted by Crippen LogP contribution is -2.11. The Kier molecular flexibility index (Phi) is 4.43. The van der Waals surface area contributed by atoms with Gasteiger partial charge in [0.15, 0.2) is 11.5 Å². The maximum Gasteiger partial charge on any atom is 0.339 e. The smallest absolute Gasteiger partial charge is 0.339 e. The number of ketones is 1. The number of hydrogen-bond acceptors (Lipinski definition) is 4. The van der Waals surface area contributed by atoms with E-state index in [2.05, 4.69) is 15.9 Å². The van der Waals surface area contributed by atoms with Crippen LogP contribution in [0, 0.1) is 0 Å². The van der Waals surface area contributed by atoms with Gasteiger partial charge in [-0.1, -0.05) is 42.5 Å². The molecule has 6 heteroatoms. The lowest BCUT2D eigenvalue weighted by molar-refractivity contribution is 0.101. The molecule has 3 aromatic rings. The summed E-state index contributed by atoms with van der Waals surface area (Å²) in [6.45, 7) is 1.38. The molecule has 0 amide bonds. The van der Waals surface area contributed by atoms with Crippen molar-refractivity contribution in [2.45, 2.75) is 11.8 Å². The zero-order valence-electron chi connectivity index (χ0n) is 12.7. The fourth-order valence-electron chi connectivity index (χ4n) is 2.31. The summed E-state index contributed by atoms with van der Waals surface area (Å²) in [5.41, 5.74) is 0.317. The Morgan fingerprint density at radius 2 is 1.75 bits per heavy atom. The lowest BCUT2D eigenvalue weighted by Gasteiger charge is -2.11. The van der Waals surface area contributed by atoms with E-state index >= 15 is 0 Å². The second-order valence-electron chi connectivity index (χ2n) is 5.22. The molecule has 0 radical (unpaired) electrons. The van der Waals surface area contributed by atoms with Crippen LogP contribution in [0.15, 0.2) is 70.0 Å². The summed E-state index contributed by atoms with van der Waals surface area (Å²) in [7, 11) is -4.04. The number of halogens is 1. The lowest BCUT2D eigenvalue weighted by atomic mass is 10.1. The van der Waals surface area contributed by atoms with Gasteiger partial charge in [-0.3, -0.25) is 4.79 Å². The van der Waals surface area contributed by atoms with E-state index in [-0.39, 0.29) is 16.4 Å². The standard InChI is InChI=1S/C18H13BrO4S/c1-12(20)14-6-4-7-15(11-14)24(21,22)23-17-10-9-13-5-2-3-8-16(13)18(17)19/h2-11H,1H3. The highest BCUT2D eigenvalue weighted by molar-refractivity contribution is 9.10. The molecule has 0 N–H and O–H groups in total. The van der Waals surface area contributed by atoms with Crippen LogP contribution < -0.4 is 4.18 Å². The van der Waals surface area contributed by atoms with Crippen LogP contribution in [-0.4, -0.2) is 14.2 Å². The molecule has 0 aliphatic rings. The van der Waals surface area contributed by atoms with Gasteiger partial charge in [-0.2, -0.15) is 8.42 Å². The predicted octanol–water partition coefficient (Wildman–Crippen LogP) is 4.57. The monoisotopic (exact) mass is 404 g/mol. The second-order valence-corrected chi connectivity index (χ2v) is 7.56. The van der Waals surface area contributed by atoms with E-state index in [4.69, 9.17) is 4.18 Å². The number of hydrogen-bond donors (Lipinski definition) is 0. The highest BCUT2D eigenvalue weighted by Gasteiger charge is 2.20. The van der Waals surface area contributed by atoms with Crippen LogP contribution in [-0.2, 0) is 10.1 Å². The van der Waals surface area contributed by atoms with Gasteiger partial charge in [-0.25, -0.2) is 0 Å². The third-order valence-electron chi connectivity index (χ3n) is 3.56. The Hall–Kier alpha value is -2.18. The minimum absolute atomic E-state index is 0.0599. The first kappa shape index (κ1) is 16.7. The van der Waals surface area contributed by atoms with Crippen LogP contribution in [0.4, 0.5) is 0 Å². The molecule has 0 saturated heterocycles. The van der Waals surface area contributed by atoms with Gasteiger partial charge >= 0.3 is 10.1 Å². The van der Waals surface area contributed by atoms with Crippen molar-refractivity contribution >= 4 is 42.6 Å². The van der Waals surface area contributed by atoms with Crippen molar-refractivity contribution in [2.24, 2.45) is 0 Å². The first-order valence-electron chi connectivity index (χ1n) is 7.11. The molecule has 0 aliphatic heterocycles. The van der Waals surface area contributed by atoms with Crippen molar-refractivity contribution in [1.82, 2.24) is 0 Å². The molecule has 122 valence electrons. The molecule has 0 atom stereocenters. The van der Waals surface area contributed by atoms with E-state index in [1.54, 1.807) is 18.2 Å². The van der Waals surface area contributed by atoms with E-state index < -0.39 is 10.1 Å². The van der Waals surface area contributed by atoms with E-state index in [9.17, 15) is 13.2 Å². The van der Waals surface area contributed by atoms with Gasteiger partial charge in [-0.05, 0) is 51.8 Å². The van der Waals surface area contributed by atoms with Crippen LogP contribution in [0.25, 0.3) is 10.8 Å². The number of fused-ring (bicyclic) bond motifs is 1. The predicted molar refractivity (Wildman–Crippen MR) is 95.9 cm³/mol. The molecular formula is C18H13BrO4S. The van der Waals surface area contributed by atoms with E-state index in [0.717, 1.165) is 10.8 Å². The van der Waals surface area contributed by atoms with Gasteiger partial charge < -0.3 is 4.18 Å². The van der Waals surface area contributed by atoms with Crippen molar-refractivity contribution in [2.75, 3.05) is 0 Å². The minimum atomic E-state index is -4.04. The summed E-state index contributed by atoms with van der Waals surface area (Å²) in [4.78, 5) is 11.4. The Balaban J connectivity index is 2.02. The highest BCUT2D eigenvalue weighted by Crippen LogP contribution is 2.34. The van der Waals surface area contributed by atoms with Crippen molar-refractivity contribution in [3.63, 3.8) is 0 Å². The maximum absolute atomic E-state index is 12.5. The summed E-state index contributed by atoms with van der Waals surface area (Å²) in [6, 6.07) is 16.7. The van der Waals surface area contributed by atoms with Gasteiger partial charge in [0, 0.05) is 5.56 Å². The third-order valence-corrected chi connectivity index (χ3v) is 5.60. The Bertz CT molecular complexity index is 1040. The normalized spacial score (nSPS) is 11.4. The molecule has 0 spiro atoms. The van der Waals surface area contributed by atoms with Gasteiger partial charge in [0.1, 0.15) is 4.90 Å². The van der Waals surface area contributed by atoms with Gasteiger partial charge in [0.2, 0.25) is 0 Å². The summed E-state index contributed by atoms with van der Waals surface area (Å²) in [5, 5.41) is 1.82. The summed E-state index contributed by atoms with van der Waals surface area (Å²) < 4.78 is 30.9. The number of carbonyl (C=O) groups excluding carboxylic acids is 1. The quantitative estimate of drug-likeness (QED) is 0.471. The van der Waals surface area contributed by atoms with Gasteiger partial charge in [0.25, 0.3) is 0 Å². The minimum Gasteiger partial charge on any atom is -0.378 e. The maximum atomic E-state index is 12.5. The molecule has 0 saturated carbocycles. The van der Waals surface area contributed by atoms with Crippen molar-refractivity contribution in [3.8, 4) is 5.75 Å². The van der Waals surface area contributed by atoms with Gasteiger partial charge in [0.05, 0.1) is 4.47 Å². The topological polar surface area (TPSA) is 60.4 Å². The molecule has 0 bridgehead atoms. The van der Waals surface area contributed by atoms with Crippen LogP contribution in [0.5, 0.6) is 5.75 Å². The van der Waals surface area contributed by atoms with Crippen LogP contribution in [0.3, 0.4) is 0 Å². The summed E-state index contributed by atoms with van der Waals surface area (Å²) in [5.74, 6) is -0.0131. The Morgan fingerprint density at radius 1 is 1.00 bits per heavy atom. The number of rotatable bonds is 4. The summed E-state index contributed by atoms with van der Waals surface area (Å²) in [6.07, 6.45) is 0. The van der Waals surface area contributed by atoms with Crippen LogP contribution in [0.1, 0.15) is 17.3 Å². The molecule has 3 aromatic carbocycles. The zero-order valence-corrected chi connectivity index (χ0v) is 15.1. The van der Waals surface area contributed by atoms with Crippen molar-refractivity contribution in [1.29, 1.82) is 0 Å². The van der Waals surface area contributed by atoms with E-state index in [1.807, 2.05) is 24.3 Å². The molecule has 0 aliphatic carbocycles. The number of benzene rings is 3. The van der Waals surface area contributed by atoms with Crippen LogP contribution in [0.2, 0.25) is 0 Å². The highest BCUT2D eigenvalue weighted by atomic mass is 79.9. The number of carbonyl (C=O) groups is 1. The second kappa shape index (κ2) is 6.37. The average Bonchev–Trinajstić information content (AvgIpc) is 2.58. The van der Waals surface area contributed by atoms with E-state index in [1.165, 1.54) is 25.1 Å². The van der Waals surface area contributed by atoms with E-state index in [0.29, 0.717) is 10.0 Å². The zero-order chi connectivity index (χ0) is 17.3. The Morgan fingerprint density at radius 3 is 2.50 bits per heavy atom. The molecule has 3 rings (SSSR count). The first-order valence-corrected chi connectivity index (χ1v) is 9.31. The average molecular weight is 405 g/mol. The molecule has 0 aromatic heterocycles. The molecule has 0 fully saturated rings. The van der Waals surface area contributed by atoms with Crippen LogP contribution >= 0.6 is 15.9 Å². The van der Waals surface area contributed by atoms with Crippen molar-refractivity contribution in [3.05, 3.63) is 70.7 Å². The number of Topliss-reactive ketones (excluding diaryl/α,β-unsaturated/α-hetero) is 1. The molecule has 24 heavy (non-hydrogen) atoms. The third kappa shape index (κ3) is 3.20. The molecule has 0 unspecified atom stereocenters.